The molecule has 0 fully saturated rings. The molecule has 7 heteroatoms. The normalized spacial score (nSPS) is 10.2. The molecule has 0 atom stereocenters. The van der Waals surface area contributed by atoms with Gasteiger partial charge in [-0.15, -0.1) is 0 Å². The van der Waals surface area contributed by atoms with E-state index in [1.807, 2.05) is 0 Å². The molecule has 18 heavy (non-hydrogen) atoms. The van der Waals surface area contributed by atoms with Crippen LogP contribution in [0.2, 0.25) is 0 Å². The van der Waals surface area contributed by atoms with Crippen molar-refractivity contribution < 1.29 is 14.3 Å². The number of ketones is 1. The lowest BCUT2D eigenvalue weighted by Crippen LogP contribution is -2.40. The molecule has 0 unspecified atom stereocenters. The number of carbonyl (C=O) groups is 2. The third-order valence-electron chi connectivity index (χ3n) is 2.52. The van der Waals surface area contributed by atoms with Gasteiger partial charge in [0.1, 0.15) is 0 Å². The predicted octanol–water partition coefficient (Wildman–Crippen LogP) is -0.687. The van der Waals surface area contributed by atoms with Gasteiger partial charge in [0.05, 0.1) is 19.1 Å². The van der Waals surface area contributed by atoms with Crippen LogP contribution in [0.4, 0.5) is 0 Å². The minimum Gasteiger partial charge on any atom is -0.469 e. The number of hydrogen-bond acceptors (Lipinski definition) is 5. The van der Waals surface area contributed by atoms with E-state index in [1.165, 1.54) is 27.3 Å². The summed E-state index contributed by atoms with van der Waals surface area (Å²) in [7, 11) is 2.53. The molecule has 0 aromatic carbocycles. The Bertz CT molecular complexity index is 596. The highest BCUT2D eigenvalue weighted by molar-refractivity contribution is 5.93. The number of carbonyl (C=O) groups excluding carboxylic acids is 2. The molecule has 0 spiro atoms. The van der Waals surface area contributed by atoms with E-state index in [9.17, 15) is 19.2 Å². The highest BCUT2D eigenvalue weighted by atomic mass is 16.5. The minimum atomic E-state index is -0.637. The summed E-state index contributed by atoms with van der Waals surface area (Å²) in [4.78, 5) is 45.6. The maximum absolute atomic E-state index is 11.7. The van der Waals surface area contributed by atoms with Crippen LogP contribution < -0.4 is 11.2 Å². The van der Waals surface area contributed by atoms with Gasteiger partial charge >= 0.3 is 11.7 Å². The summed E-state index contributed by atoms with van der Waals surface area (Å²) >= 11 is 0. The van der Waals surface area contributed by atoms with Gasteiger partial charge in [0.15, 0.2) is 5.78 Å². The van der Waals surface area contributed by atoms with Gasteiger partial charge in [-0.3, -0.25) is 23.5 Å². The third kappa shape index (κ3) is 2.73. The summed E-state index contributed by atoms with van der Waals surface area (Å²) in [5.74, 6) is -0.900. The topological polar surface area (TPSA) is 87.4 Å². The summed E-state index contributed by atoms with van der Waals surface area (Å²) in [5, 5.41) is 0. The molecule has 0 aliphatic heterocycles. The lowest BCUT2D eigenvalue weighted by molar-refractivity contribution is -0.140. The van der Waals surface area contributed by atoms with Crippen LogP contribution in [0.1, 0.15) is 23.7 Å². The zero-order valence-corrected chi connectivity index (χ0v) is 10.4. The number of aryl methyl sites for hydroxylation is 1. The first kappa shape index (κ1) is 13.9. The summed E-state index contributed by atoms with van der Waals surface area (Å²) in [6, 6.07) is 0. The van der Waals surface area contributed by atoms with Gasteiger partial charge in [-0.1, -0.05) is 0 Å². The van der Waals surface area contributed by atoms with Crippen molar-refractivity contribution in [1.82, 2.24) is 9.13 Å². The Morgan fingerprint density at radius 3 is 2.44 bits per heavy atom. The molecule has 0 saturated carbocycles. The minimum absolute atomic E-state index is 0.00798. The fourth-order valence-electron chi connectivity index (χ4n) is 1.44. The van der Waals surface area contributed by atoms with E-state index in [-0.39, 0.29) is 18.5 Å². The van der Waals surface area contributed by atoms with Crippen LogP contribution in [0.25, 0.3) is 0 Å². The van der Waals surface area contributed by atoms with E-state index in [4.69, 9.17) is 0 Å². The number of ether oxygens (including phenoxy) is 1. The molecule has 0 aliphatic rings. The number of nitrogens with zero attached hydrogens (tertiary/aromatic N) is 2. The van der Waals surface area contributed by atoms with Crippen LogP contribution in [0.5, 0.6) is 0 Å². The molecule has 0 aliphatic carbocycles. The Morgan fingerprint density at radius 2 is 1.94 bits per heavy atom. The second kappa shape index (κ2) is 5.44. The van der Waals surface area contributed by atoms with Gasteiger partial charge in [-0.05, 0) is 6.92 Å². The van der Waals surface area contributed by atoms with E-state index in [1.54, 1.807) is 0 Å². The van der Waals surface area contributed by atoms with Gasteiger partial charge < -0.3 is 4.74 Å². The Labute approximate surface area is 103 Å². The average Bonchev–Trinajstić information content (AvgIpc) is 2.34. The van der Waals surface area contributed by atoms with E-state index >= 15 is 0 Å². The Kier molecular flexibility index (Phi) is 4.19. The van der Waals surface area contributed by atoms with Crippen LogP contribution in [0.15, 0.2) is 15.8 Å². The van der Waals surface area contributed by atoms with Gasteiger partial charge in [-0.2, -0.15) is 0 Å². The standard InChI is InChI=1S/C11H14N2O5/c1-7(14)8-6-13(5-4-9(15)18-3)11(17)12(2)10(8)16/h6H,4-5H2,1-3H3. The largest absolute Gasteiger partial charge is 0.469 e. The first-order chi connectivity index (χ1) is 8.38. The maximum atomic E-state index is 11.7. The Morgan fingerprint density at radius 1 is 1.33 bits per heavy atom. The first-order valence-corrected chi connectivity index (χ1v) is 5.26. The number of methoxy groups -OCH3 is 1. The summed E-state index contributed by atoms with van der Waals surface area (Å²) in [5.41, 5.74) is -1.29. The predicted molar refractivity (Wildman–Crippen MR) is 62.6 cm³/mol. The third-order valence-corrected chi connectivity index (χ3v) is 2.52. The molecule has 7 nitrogen and oxygen atoms in total. The van der Waals surface area contributed by atoms with Crippen molar-refractivity contribution in [3.8, 4) is 0 Å². The SMILES string of the molecule is COC(=O)CCn1cc(C(C)=O)c(=O)n(C)c1=O. The van der Waals surface area contributed by atoms with Gasteiger partial charge in [0.25, 0.3) is 5.56 Å². The van der Waals surface area contributed by atoms with Crippen molar-refractivity contribution in [2.24, 2.45) is 7.05 Å². The number of rotatable bonds is 4. The fraction of sp³-hybridized carbons (Fsp3) is 0.455. The quantitative estimate of drug-likeness (QED) is 0.524. The monoisotopic (exact) mass is 254 g/mol. The highest BCUT2D eigenvalue weighted by Crippen LogP contribution is 1.94. The van der Waals surface area contributed by atoms with Crippen molar-refractivity contribution in [3.63, 3.8) is 0 Å². The summed E-state index contributed by atoms with van der Waals surface area (Å²) in [6.45, 7) is 1.30. The van der Waals surface area contributed by atoms with Crippen molar-refractivity contribution in [2.75, 3.05) is 7.11 Å². The molecule has 1 rings (SSSR count). The molecule has 1 aromatic heterocycles. The molecule has 0 radical (unpaired) electrons. The van der Waals surface area contributed by atoms with Crippen LogP contribution in [0.3, 0.4) is 0 Å². The molecule has 0 amide bonds. The number of esters is 1. The lowest BCUT2D eigenvalue weighted by atomic mass is 10.2. The van der Waals surface area contributed by atoms with Crippen LogP contribution in [0, 0.1) is 0 Å². The molecule has 0 N–H and O–H groups in total. The molecule has 0 bridgehead atoms. The first-order valence-electron chi connectivity index (χ1n) is 5.26. The second-order valence-corrected chi connectivity index (χ2v) is 3.77. The molecule has 1 heterocycles. The van der Waals surface area contributed by atoms with Crippen molar-refractivity contribution in [2.45, 2.75) is 19.9 Å². The van der Waals surface area contributed by atoms with E-state index in [2.05, 4.69) is 4.74 Å². The van der Waals surface area contributed by atoms with Gasteiger partial charge in [-0.25, -0.2) is 4.79 Å². The van der Waals surface area contributed by atoms with E-state index in [0.29, 0.717) is 0 Å². The average molecular weight is 254 g/mol. The highest BCUT2D eigenvalue weighted by Gasteiger charge is 2.12. The molecule has 1 aromatic rings. The lowest BCUT2D eigenvalue weighted by Gasteiger charge is -2.08. The van der Waals surface area contributed by atoms with Gasteiger partial charge in [0, 0.05) is 19.8 Å². The number of aromatic nitrogens is 2. The summed E-state index contributed by atoms with van der Waals surface area (Å²) in [6.07, 6.45) is 1.17. The fourth-order valence-corrected chi connectivity index (χ4v) is 1.44. The maximum Gasteiger partial charge on any atom is 0.330 e. The van der Waals surface area contributed by atoms with Gasteiger partial charge in [0.2, 0.25) is 0 Å². The van der Waals surface area contributed by atoms with Crippen molar-refractivity contribution in [1.29, 1.82) is 0 Å². The number of hydrogen-bond donors (Lipinski definition) is 0. The van der Waals surface area contributed by atoms with Crippen LogP contribution in [-0.4, -0.2) is 28.0 Å². The van der Waals surface area contributed by atoms with Crippen molar-refractivity contribution >= 4 is 11.8 Å². The number of Topliss-reactive ketones (excluding diaryl/α,β-unsaturated/α-hetero) is 1. The van der Waals surface area contributed by atoms with Crippen molar-refractivity contribution in [3.05, 3.63) is 32.6 Å². The molecular weight excluding hydrogens is 240 g/mol. The molecule has 0 saturated heterocycles. The Balaban J connectivity index is 3.21. The van der Waals surface area contributed by atoms with E-state index < -0.39 is 23.0 Å². The molecule has 98 valence electrons. The zero-order valence-electron chi connectivity index (χ0n) is 10.4. The Hall–Kier alpha value is -2.18. The second-order valence-electron chi connectivity index (χ2n) is 3.77. The smallest absolute Gasteiger partial charge is 0.330 e. The summed E-state index contributed by atoms with van der Waals surface area (Å²) < 4.78 is 6.44. The van der Waals surface area contributed by atoms with E-state index in [0.717, 1.165) is 9.13 Å². The molecular formula is C11H14N2O5. The zero-order chi connectivity index (χ0) is 13.9. The van der Waals surface area contributed by atoms with Crippen LogP contribution in [-0.2, 0) is 23.1 Å². The van der Waals surface area contributed by atoms with Crippen LogP contribution >= 0.6 is 0 Å².